The molecule has 0 atom stereocenters. The van der Waals surface area contributed by atoms with Crippen molar-refractivity contribution in [2.75, 3.05) is 4.72 Å². The summed E-state index contributed by atoms with van der Waals surface area (Å²) in [6.07, 6.45) is -2.90. The Morgan fingerprint density at radius 3 is 2.12 bits per heavy atom. The lowest BCUT2D eigenvalue weighted by Gasteiger charge is -2.11. The Hall–Kier alpha value is -3.93. The maximum absolute atomic E-state index is 12.7. The lowest BCUT2D eigenvalue weighted by Crippen LogP contribution is -2.13. The van der Waals surface area contributed by atoms with Gasteiger partial charge in [0.15, 0.2) is 5.82 Å². The first-order chi connectivity index (χ1) is 16.0. The van der Waals surface area contributed by atoms with Crippen molar-refractivity contribution in [1.82, 2.24) is 19.7 Å². The van der Waals surface area contributed by atoms with Crippen molar-refractivity contribution in [3.8, 4) is 17.4 Å². The van der Waals surface area contributed by atoms with Gasteiger partial charge in [0.2, 0.25) is 5.88 Å². The number of anilines is 1. The van der Waals surface area contributed by atoms with Gasteiger partial charge in [0, 0.05) is 17.4 Å². The van der Waals surface area contributed by atoms with Gasteiger partial charge in [-0.05, 0) is 68.4 Å². The fourth-order valence-corrected chi connectivity index (χ4v) is 4.03. The molecule has 0 saturated carbocycles. The largest absolute Gasteiger partial charge is 0.438 e. The molecule has 12 heteroatoms. The van der Waals surface area contributed by atoms with E-state index in [2.05, 4.69) is 19.9 Å². The first-order valence-electron chi connectivity index (χ1n) is 9.85. The summed E-state index contributed by atoms with van der Waals surface area (Å²) in [5.74, 6) is 1.20. The van der Waals surface area contributed by atoms with Crippen molar-refractivity contribution in [1.29, 1.82) is 0 Å². The summed E-state index contributed by atoms with van der Waals surface area (Å²) in [5, 5.41) is 8.16. The number of sulfonamides is 1. The number of nitrogens with zero attached hydrogens (tertiary/aromatic N) is 4. The summed E-state index contributed by atoms with van der Waals surface area (Å²) in [7, 11) is -4.07. The molecule has 0 radical (unpaired) electrons. The minimum Gasteiger partial charge on any atom is -0.438 e. The van der Waals surface area contributed by atoms with Crippen LogP contribution in [0.2, 0.25) is 0 Å². The van der Waals surface area contributed by atoms with E-state index in [1.54, 1.807) is 23.0 Å². The van der Waals surface area contributed by atoms with Gasteiger partial charge in [-0.2, -0.15) is 13.2 Å². The van der Waals surface area contributed by atoms with Gasteiger partial charge in [-0.3, -0.25) is 9.29 Å². The summed E-state index contributed by atoms with van der Waals surface area (Å²) in [4.78, 5) is 3.93. The van der Waals surface area contributed by atoms with Crippen LogP contribution in [0, 0.1) is 13.8 Å². The lowest BCUT2D eigenvalue weighted by molar-refractivity contribution is -0.137. The van der Waals surface area contributed by atoms with Crippen LogP contribution in [-0.2, 0) is 16.2 Å². The van der Waals surface area contributed by atoms with Crippen LogP contribution in [0.5, 0.6) is 11.6 Å². The number of benzene rings is 2. The highest BCUT2D eigenvalue weighted by molar-refractivity contribution is 7.92. The highest BCUT2D eigenvalue weighted by atomic mass is 32.2. The average Bonchev–Trinajstić information content (AvgIpc) is 3.13. The highest BCUT2D eigenvalue weighted by Crippen LogP contribution is 2.30. The summed E-state index contributed by atoms with van der Waals surface area (Å²) in [6.45, 7) is 3.81. The smallest absolute Gasteiger partial charge is 0.416 e. The predicted molar refractivity (Wildman–Crippen MR) is 117 cm³/mol. The Bertz CT molecular complexity index is 1400. The summed E-state index contributed by atoms with van der Waals surface area (Å²) in [5.41, 5.74) is 1.10. The molecule has 34 heavy (non-hydrogen) atoms. The van der Waals surface area contributed by atoms with Crippen LogP contribution in [0.3, 0.4) is 0 Å². The van der Waals surface area contributed by atoms with Gasteiger partial charge in [-0.1, -0.05) is 0 Å². The Kier molecular flexibility index (Phi) is 6.00. The molecular formula is C22H18F3N5O3S. The van der Waals surface area contributed by atoms with Crippen LogP contribution in [0.25, 0.3) is 5.82 Å². The number of halogens is 3. The van der Waals surface area contributed by atoms with Gasteiger partial charge in [-0.15, -0.1) is 10.2 Å². The van der Waals surface area contributed by atoms with Gasteiger partial charge < -0.3 is 4.74 Å². The third-order valence-corrected chi connectivity index (χ3v) is 6.34. The molecule has 1 N–H and O–H groups in total. The topological polar surface area (TPSA) is 99.0 Å². The van der Waals surface area contributed by atoms with Crippen molar-refractivity contribution >= 4 is 15.7 Å². The number of hydrogen-bond donors (Lipinski definition) is 1. The fraction of sp³-hybridized carbons (Fsp3) is 0.136. The zero-order valence-electron chi connectivity index (χ0n) is 17.9. The van der Waals surface area contributed by atoms with Crippen molar-refractivity contribution in [3.05, 3.63) is 83.9 Å². The van der Waals surface area contributed by atoms with Gasteiger partial charge >= 0.3 is 6.18 Å². The van der Waals surface area contributed by atoms with Gasteiger partial charge in [0.1, 0.15) is 12.1 Å². The van der Waals surface area contributed by atoms with Crippen LogP contribution in [0.1, 0.15) is 17.0 Å². The molecule has 2 heterocycles. The molecular weight excluding hydrogens is 471 g/mol. The Morgan fingerprint density at radius 2 is 1.59 bits per heavy atom. The minimum absolute atomic E-state index is 0.208. The lowest BCUT2D eigenvalue weighted by atomic mass is 10.2. The molecule has 0 spiro atoms. The summed E-state index contributed by atoms with van der Waals surface area (Å²) in [6, 6.07) is 12.5. The van der Waals surface area contributed by atoms with Gasteiger partial charge in [0.05, 0.1) is 16.2 Å². The first-order valence-corrected chi connectivity index (χ1v) is 11.3. The second-order valence-corrected chi connectivity index (χ2v) is 8.95. The molecule has 0 unspecified atom stereocenters. The maximum atomic E-state index is 12.7. The predicted octanol–water partition coefficient (Wildman–Crippen LogP) is 4.89. The van der Waals surface area contributed by atoms with Crippen LogP contribution < -0.4 is 9.46 Å². The fourth-order valence-electron chi connectivity index (χ4n) is 2.97. The van der Waals surface area contributed by atoms with E-state index >= 15 is 0 Å². The second kappa shape index (κ2) is 8.78. The zero-order valence-corrected chi connectivity index (χ0v) is 18.7. The molecule has 2 aromatic heterocycles. The highest BCUT2D eigenvalue weighted by Gasteiger charge is 2.30. The molecule has 8 nitrogen and oxygen atoms in total. The first kappa shape index (κ1) is 23.2. The molecule has 0 aliphatic rings. The van der Waals surface area contributed by atoms with Gasteiger partial charge in [0.25, 0.3) is 10.0 Å². The van der Waals surface area contributed by atoms with E-state index in [4.69, 9.17) is 4.74 Å². The quantitative estimate of drug-likeness (QED) is 0.414. The number of aryl methyl sites for hydroxylation is 1. The standard InChI is InChI=1S/C22H18F3N5O3S/c1-14-15(2)30(13-26-14)20-11-12-21(28-27-20)33-18-7-5-17(6-8-18)29-34(31,32)19-9-3-16(4-10-19)22(23,24)25/h3-13,29H,1-2H3. The Balaban J connectivity index is 1.42. The molecule has 0 aliphatic heterocycles. The van der Waals surface area contributed by atoms with E-state index in [1.807, 2.05) is 13.8 Å². The third-order valence-electron chi connectivity index (χ3n) is 4.95. The molecule has 0 fully saturated rings. The second-order valence-electron chi connectivity index (χ2n) is 7.27. The van der Waals surface area contributed by atoms with Gasteiger partial charge in [-0.25, -0.2) is 13.4 Å². The minimum atomic E-state index is -4.55. The summed E-state index contributed by atoms with van der Waals surface area (Å²) < 4.78 is 72.7. The number of alkyl halides is 3. The molecule has 4 rings (SSSR count). The van der Waals surface area contributed by atoms with Crippen LogP contribution in [0.4, 0.5) is 18.9 Å². The molecule has 4 aromatic rings. The SMILES string of the molecule is Cc1ncn(-c2ccc(Oc3ccc(NS(=O)(=O)c4ccc(C(F)(F)F)cc4)cc3)nn2)c1C. The van der Waals surface area contributed by atoms with Crippen LogP contribution in [0.15, 0.2) is 71.9 Å². The maximum Gasteiger partial charge on any atom is 0.416 e. The molecule has 0 amide bonds. The Morgan fingerprint density at radius 1 is 0.912 bits per heavy atom. The summed E-state index contributed by atoms with van der Waals surface area (Å²) >= 11 is 0. The van der Waals surface area contributed by atoms with E-state index in [0.717, 1.165) is 23.5 Å². The van der Waals surface area contributed by atoms with Crippen molar-refractivity contribution in [3.63, 3.8) is 0 Å². The molecule has 0 bridgehead atoms. The zero-order chi connectivity index (χ0) is 24.5. The van der Waals surface area contributed by atoms with Crippen molar-refractivity contribution in [2.24, 2.45) is 0 Å². The molecule has 176 valence electrons. The van der Waals surface area contributed by atoms with Crippen LogP contribution >= 0.6 is 0 Å². The normalized spacial score (nSPS) is 11.9. The molecule has 2 aromatic carbocycles. The number of nitrogens with one attached hydrogen (secondary N) is 1. The van der Waals surface area contributed by atoms with E-state index in [1.165, 1.54) is 24.3 Å². The number of imidazole rings is 1. The molecule has 0 saturated heterocycles. The number of hydrogen-bond acceptors (Lipinski definition) is 6. The third kappa shape index (κ3) is 5.01. The number of rotatable bonds is 6. The van der Waals surface area contributed by atoms with E-state index in [9.17, 15) is 21.6 Å². The average molecular weight is 489 g/mol. The number of ether oxygens (including phenoxy) is 1. The van der Waals surface area contributed by atoms with Crippen molar-refractivity contribution in [2.45, 2.75) is 24.9 Å². The molecule has 0 aliphatic carbocycles. The monoisotopic (exact) mass is 489 g/mol. The van der Waals surface area contributed by atoms with E-state index < -0.39 is 21.8 Å². The van der Waals surface area contributed by atoms with E-state index in [-0.39, 0.29) is 16.5 Å². The Labute approximate surface area is 193 Å². The van der Waals surface area contributed by atoms with E-state index in [0.29, 0.717) is 23.7 Å². The van der Waals surface area contributed by atoms with Crippen LogP contribution in [-0.4, -0.2) is 28.2 Å². The van der Waals surface area contributed by atoms with Crippen molar-refractivity contribution < 1.29 is 26.3 Å². The number of aromatic nitrogens is 4.